The van der Waals surface area contributed by atoms with Crippen molar-refractivity contribution in [2.45, 2.75) is 10.8 Å². The van der Waals surface area contributed by atoms with E-state index in [9.17, 15) is 4.21 Å². The Kier molecular flexibility index (Phi) is 2.05. The molecule has 0 amide bonds. The Balaban J connectivity index is 2.77. The summed E-state index contributed by atoms with van der Waals surface area (Å²) in [6, 6.07) is 0. The zero-order valence-electron chi connectivity index (χ0n) is 5.26. The summed E-state index contributed by atoms with van der Waals surface area (Å²) in [6.07, 6.45) is 0. The van der Waals surface area contributed by atoms with Crippen LogP contribution < -0.4 is 0 Å². The predicted octanol–water partition coefficient (Wildman–Crippen LogP) is 1.49. The molecule has 0 spiro atoms. The topological polar surface area (TPSA) is 40.9 Å². The van der Waals surface area contributed by atoms with Crippen molar-refractivity contribution in [1.82, 2.24) is 0 Å². The molecule has 1 heterocycles. The van der Waals surface area contributed by atoms with E-state index in [1.165, 1.54) is 0 Å². The number of halogens is 1. The van der Waals surface area contributed by atoms with E-state index >= 15 is 0 Å². The van der Waals surface area contributed by atoms with Crippen molar-refractivity contribution in [2.75, 3.05) is 11.5 Å². The Morgan fingerprint density at radius 1 is 1.67 bits per heavy atom. The minimum Gasteiger partial charge on any atom is -0.253 e. The molecular formula is C5H10INOS. The molecule has 0 radical (unpaired) electrons. The average Bonchev–Trinajstić information content (AvgIpc) is 1.79. The van der Waals surface area contributed by atoms with Crippen LogP contribution in [-0.4, -0.2) is 19.6 Å². The van der Waals surface area contributed by atoms with Gasteiger partial charge < -0.3 is 0 Å². The van der Waals surface area contributed by atoms with Crippen molar-refractivity contribution in [2.24, 2.45) is 5.92 Å². The van der Waals surface area contributed by atoms with Gasteiger partial charge in [0, 0.05) is 25.2 Å². The Morgan fingerprint density at radius 3 is 2.33 bits per heavy atom. The zero-order valence-corrected chi connectivity index (χ0v) is 8.24. The fraction of sp³-hybridized carbons (Fsp3) is 1.00. The molecule has 0 saturated carbocycles. The first-order chi connectivity index (χ1) is 4.01. The van der Waals surface area contributed by atoms with Crippen LogP contribution in [0.15, 0.2) is 0 Å². The molecule has 4 heteroatoms. The standard InChI is InChI=1S/C5H10INOS/c1-4-2-9(7,8)3-5(4)6/h4-5,7H,2-3H2,1H3. The number of nitrogens with one attached hydrogen (secondary N) is 1. The quantitative estimate of drug-likeness (QED) is 0.519. The maximum atomic E-state index is 11.1. The van der Waals surface area contributed by atoms with Crippen LogP contribution in [0, 0.1) is 10.7 Å². The molecule has 0 aromatic heterocycles. The molecule has 1 saturated heterocycles. The van der Waals surface area contributed by atoms with Crippen molar-refractivity contribution in [3.63, 3.8) is 0 Å². The van der Waals surface area contributed by atoms with E-state index in [1.54, 1.807) is 0 Å². The fourth-order valence-electron chi connectivity index (χ4n) is 1.02. The van der Waals surface area contributed by atoms with E-state index in [-0.39, 0.29) is 0 Å². The van der Waals surface area contributed by atoms with Crippen molar-refractivity contribution in [1.29, 1.82) is 4.78 Å². The van der Waals surface area contributed by atoms with Gasteiger partial charge in [-0.1, -0.05) is 29.5 Å². The summed E-state index contributed by atoms with van der Waals surface area (Å²) in [5.41, 5.74) is 0. The van der Waals surface area contributed by atoms with Gasteiger partial charge in [0.15, 0.2) is 0 Å². The summed E-state index contributed by atoms with van der Waals surface area (Å²) in [4.78, 5) is 0. The molecule has 54 valence electrons. The number of rotatable bonds is 0. The molecule has 3 atom stereocenters. The Hall–Kier alpha value is 0.680. The van der Waals surface area contributed by atoms with E-state index in [4.69, 9.17) is 4.78 Å². The van der Waals surface area contributed by atoms with E-state index < -0.39 is 9.73 Å². The van der Waals surface area contributed by atoms with E-state index in [0.717, 1.165) is 0 Å². The molecule has 0 aliphatic carbocycles. The molecule has 1 aliphatic heterocycles. The highest BCUT2D eigenvalue weighted by Crippen LogP contribution is 2.25. The van der Waals surface area contributed by atoms with Gasteiger partial charge in [-0.15, -0.1) is 0 Å². The third kappa shape index (κ3) is 1.80. The van der Waals surface area contributed by atoms with E-state index in [1.807, 2.05) is 0 Å². The molecule has 2 nitrogen and oxygen atoms in total. The highest BCUT2D eigenvalue weighted by molar-refractivity contribution is 14.1. The third-order valence-corrected chi connectivity index (χ3v) is 5.81. The largest absolute Gasteiger partial charge is 0.253 e. The maximum Gasteiger partial charge on any atom is 0.0454 e. The minimum absolute atomic E-state index is 0.465. The molecule has 0 aromatic carbocycles. The van der Waals surface area contributed by atoms with Crippen LogP contribution in [0.1, 0.15) is 6.92 Å². The van der Waals surface area contributed by atoms with Gasteiger partial charge in [-0.2, -0.15) is 0 Å². The molecule has 9 heavy (non-hydrogen) atoms. The summed E-state index contributed by atoms with van der Waals surface area (Å²) >= 11 is 2.28. The first-order valence-electron chi connectivity index (χ1n) is 2.89. The smallest absolute Gasteiger partial charge is 0.0454 e. The minimum atomic E-state index is -2.15. The van der Waals surface area contributed by atoms with Gasteiger partial charge in [-0.05, 0) is 5.92 Å². The Bertz CT molecular complexity index is 183. The van der Waals surface area contributed by atoms with Crippen LogP contribution in [0.4, 0.5) is 0 Å². The summed E-state index contributed by atoms with van der Waals surface area (Å²) < 4.78 is 18.8. The van der Waals surface area contributed by atoms with Gasteiger partial charge >= 0.3 is 0 Å². The van der Waals surface area contributed by atoms with E-state index in [0.29, 0.717) is 21.3 Å². The van der Waals surface area contributed by atoms with Crippen LogP contribution in [-0.2, 0) is 9.73 Å². The van der Waals surface area contributed by atoms with Crippen LogP contribution in [0.5, 0.6) is 0 Å². The monoisotopic (exact) mass is 259 g/mol. The third-order valence-electron chi connectivity index (χ3n) is 1.58. The second-order valence-electron chi connectivity index (χ2n) is 2.64. The molecule has 0 bridgehead atoms. The second-order valence-corrected chi connectivity index (χ2v) is 6.53. The van der Waals surface area contributed by atoms with Gasteiger partial charge in [0.05, 0.1) is 0 Å². The van der Waals surface area contributed by atoms with Gasteiger partial charge in [0.1, 0.15) is 0 Å². The van der Waals surface area contributed by atoms with Gasteiger partial charge in [0.2, 0.25) is 0 Å². The fourth-order valence-corrected chi connectivity index (χ4v) is 5.42. The van der Waals surface area contributed by atoms with Crippen LogP contribution in [0.3, 0.4) is 0 Å². The first kappa shape index (κ1) is 7.78. The number of hydrogen-bond acceptors (Lipinski definition) is 2. The lowest BCUT2D eigenvalue weighted by molar-refractivity contribution is 0.673. The number of hydrogen-bond donors (Lipinski definition) is 1. The van der Waals surface area contributed by atoms with Gasteiger partial charge in [-0.25, -0.2) is 4.21 Å². The van der Waals surface area contributed by atoms with Crippen LogP contribution in [0.25, 0.3) is 0 Å². The maximum absolute atomic E-state index is 11.1. The molecule has 1 rings (SSSR count). The summed E-state index contributed by atoms with van der Waals surface area (Å²) in [5, 5.41) is 0. The molecular weight excluding hydrogens is 249 g/mol. The predicted molar refractivity (Wildman–Crippen MR) is 47.6 cm³/mol. The molecule has 1 aliphatic rings. The molecule has 1 N–H and O–H groups in total. The second kappa shape index (κ2) is 2.38. The average molecular weight is 259 g/mol. The normalized spacial score (nSPS) is 51.8. The summed E-state index contributed by atoms with van der Waals surface area (Å²) in [7, 11) is -2.15. The van der Waals surface area contributed by atoms with Crippen molar-refractivity contribution in [3.05, 3.63) is 0 Å². The summed E-state index contributed by atoms with van der Waals surface area (Å²) in [6.45, 7) is 2.07. The van der Waals surface area contributed by atoms with Gasteiger partial charge in [-0.3, -0.25) is 4.78 Å². The number of alkyl halides is 1. The summed E-state index contributed by atoms with van der Waals surface area (Å²) in [5.74, 6) is 1.70. The zero-order chi connectivity index (χ0) is 7.07. The lowest BCUT2D eigenvalue weighted by Crippen LogP contribution is -2.05. The highest BCUT2D eigenvalue weighted by Gasteiger charge is 2.29. The van der Waals surface area contributed by atoms with Crippen LogP contribution >= 0.6 is 22.6 Å². The highest BCUT2D eigenvalue weighted by atomic mass is 127. The Labute approximate surface area is 69.5 Å². The van der Waals surface area contributed by atoms with E-state index in [2.05, 4.69) is 29.5 Å². The Morgan fingerprint density at radius 2 is 2.22 bits per heavy atom. The van der Waals surface area contributed by atoms with Crippen molar-refractivity contribution >= 4 is 32.3 Å². The van der Waals surface area contributed by atoms with Crippen molar-refractivity contribution < 1.29 is 4.21 Å². The molecule has 3 unspecified atom stereocenters. The van der Waals surface area contributed by atoms with Crippen LogP contribution in [0.2, 0.25) is 0 Å². The SMILES string of the molecule is CC1CS(=N)(=O)CC1I. The lowest BCUT2D eigenvalue weighted by atomic mass is 10.2. The molecule has 0 aromatic rings. The lowest BCUT2D eigenvalue weighted by Gasteiger charge is -2.00. The van der Waals surface area contributed by atoms with Gasteiger partial charge in [0.25, 0.3) is 0 Å². The first-order valence-corrected chi connectivity index (χ1v) is 6.04. The van der Waals surface area contributed by atoms with Crippen molar-refractivity contribution in [3.8, 4) is 0 Å². The molecule has 1 fully saturated rings.